The summed E-state index contributed by atoms with van der Waals surface area (Å²) in [6.45, 7) is 9.26. The molecule has 3 N–H and O–H groups in total. The van der Waals surface area contributed by atoms with E-state index in [1.165, 1.54) is 38.5 Å². The Balaban J connectivity index is 2.03. The van der Waals surface area contributed by atoms with E-state index < -0.39 is 5.41 Å². The molecule has 0 bridgehead atoms. The largest absolute Gasteiger partial charge is 0.369 e. The number of amides is 1. The van der Waals surface area contributed by atoms with Crippen LogP contribution in [0.2, 0.25) is 0 Å². The first-order valence-electron chi connectivity index (χ1n) is 8.72. The number of nitrogens with two attached hydrogens (primary N) is 1. The molecule has 1 spiro atoms. The topological polar surface area (TPSA) is 70.7 Å². The van der Waals surface area contributed by atoms with Gasteiger partial charge in [-0.15, -0.1) is 0 Å². The van der Waals surface area contributed by atoms with Crippen molar-refractivity contribution in [2.45, 2.75) is 59.3 Å². The minimum absolute atomic E-state index is 0.294. The van der Waals surface area contributed by atoms with Gasteiger partial charge in [-0.3, -0.25) is 9.79 Å². The van der Waals surface area contributed by atoms with E-state index in [2.05, 4.69) is 17.1 Å². The van der Waals surface area contributed by atoms with Crippen molar-refractivity contribution in [3.63, 3.8) is 0 Å². The fourth-order valence-electron chi connectivity index (χ4n) is 3.60. The van der Waals surface area contributed by atoms with E-state index in [9.17, 15) is 4.79 Å². The monoisotopic (exact) mass is 308 g/mol. The maximum Gasteiger partial charge on any atom is 0.224 e. The predicted octanol–water partition coefficient (Wildman–Crippen LogP) is 2.12. The number of nitrogens with one attached hydrogen (secondary N) is 1. The Kier molecular flexibility index (Phi) is 5.35. The predicted molar refractivity (Wildman–Crippen MR) is 90.7 cm³/mol. The van der Waals surface area contributed by atoms with Gasteiger partial charge < -0.3 is 16.0 Å². The molecule has 2 rings (SSSR count). The van der Waals surface area contributed by atoms with Crippen molar-refractivity contribution in [1.82, 2.24) is 10.2 Å². The summed E-state index contributed by atoms with van der Waals surface area (Å²) in [6.07, 6.45) is 8.12. The Morgan fingerprint density at radius 2 is 1.95 bits per heavy atom. The van der Waals surface area contributed by atoms with Crippen LogP contribution in [0.15, 0.2) is 4.99 Å². The van der Waals surface area contributed by atoms with E-state index in [1.54, 1.807) is 0 Å². The molecule has 1 heterocycles. The summed E-state index contributed by atoms with van der Waals surface area (Å²) in [4.78, 5) is 18.6. The molecule has 2 aliphatic rings. The molecule has 0 atom stereocenters. The van der Waals surface area contributed by atoms with Crippen molar-refractivity contribution in [3.8, 4) is 0 Å². The van der Waals surface area contributed by atoms with Gasteiger partial charge in [0.05, 0.1) is 12.0 Å². The standard InChI is InChI=1S/C17H32N4O/c1-4-19-15(20-12-16(2,3)14(18)22)21-11-10-17(13-21)8-6-5-7-9-17/h4-13H2,1-3H3,(H2,18,22)(H,19,20). The second-order valence-corrected chi connectivity index (χ2v) is 7.65. The Labute approximate surface area is 134 Å². The van der Waals surface area contributed by atoms with Crippen LogP contribution in [0.5, 0.6) is 0 Å². The van der Waals surface area contributed by atoms with Crippen LogP contribution in [0.3, 0.4) is 0 Å². The molecule has 1 aliphatic heterocycles. The van der Waals surface area contributed by atoms with Gasteiger partial charge >= 0.3 is 0 Å². The summed E-state index contributed by atoms with van der Waals surface area (Å²) in [6, 6.07) is 0. The lowest BCUT2D eigenvalue weighted by Gasteiger charge is -2.33. The summed E-state index contributed by atoms with van der Waals surface area (Å²) < 4.78 is 0. The number of primary amides is 1. The smallest absolute Gasteiger partial charge is 0.224 e. The van der Waals surface area contributed by atoms with Gasteiger partial charge in [0.2, 0.25) is 5.91 Å². The number of nitrogens with zero attached hydrogens (tertiary/aromatic N) is 2. The molecule has 0 unspecified atom stereocenters. The fraction of sp³-hybridized carbons (Fsp3) is 0.882. The van der Waals surface area contributed by atoms with E-state index in [-0.39, 0.29) is 5.91 Å². The van der Waals surface area contributed by atoms with E-state index in [0.717, 1.165) is 25.6 Å². The maximum absolute atomic E-state index is 11.5. The first kappa shape index (κ1) is 17.1. The van der Waals surface area contributed by atoms with Crippen LogP contribution in [-0.2, 0) is 4.79 Å². The number of rotatable bonds is 4. The molecule has 2 fully saturated rings. The highest BCUT2D eigenvalue weighted by Crippen LogP contribution is 2.43. The van der Waals surface area contributed by atoms with Crippen molar-refractivity contribution in [2.24, 2.45) is 21.6 Å². The molecule has 0 aromatic carbocycles. The lowest BCUT2D eigenvalue weighted by Crippen LogP contribution is -2.43. The van der Waals surface area contributed by atoms with Gasteiger partial charge in [-0.1, -0.05) is 19.3 Å². The van der Waals surface area contributed by atoms with Gasteiger partial charge in [-0.2, -0.15) is 0 Å². The average Bonchev–Trinajstić information content (AvgIpc) is 2.87. The normalized spacial score (nSPS) is 22.1. The third-order valence-corrected chi connectivity index (χ3v) is 5.28. The minimum Gasteiger partial charge on any atom is -0.369 e. The summed E-state index contributed by atoms with van der Waals surface area (Å²) in [7, 11) is 0. The van der Waals surface area contributed by atoms with Crippen LogP contribution < -0.4 is 11.1 Å². The van der Waals surface area contributed by atoms with E-state index in [0.29, 0.717) is 12.0 Å². The summed E-state index contributed by atoms with van der Waals surface area (Å²) in [5.41, 5.74) is 5.37. The Bertz CT molecular complexity index is 424. The number of hydrogen-bond donors (Lipinski definition) is 2. The quantitative estimate of drug-likeness (QED) is 0.617. The highest BCUT2D eigenvalue weighted by molar-refractivity contribution is 5.83. The molecule has 0 aromatic rings. The molecule has 22 heavy (non-hydrogen) atoms. The summed E-state index contributed by atoms with van der Waals surface area (Å²) in [5.74, 6) is 0.650. The van der Waals surface area contributed by atoms with Crippen LogP contribution in [0.25, 0.3) is 0 Å². The van der Waals surface area contributed by atoms with Crippen LogP contribution in [0, 0.1) is 10.8 Å². The van der Waals surface area contributed by atoms with Crippen LogP contribution in [0.4, 0.5) is 0 Å². The second kappa shape index (κ2) is 6.88. The van der Waals surface area contributed by atoms with Gasteiger partial charge in [0.1, 0.15) is 0 Å². The molecule has 1 amide bonds. The number of aliphatic imine (C=N–C) groups is 1. The van der Waals surface area contributed by atoms with Crippen LogP contribution in [0.1, 0.15) is 59.3 Å². The SMILES string of the molecule is CCNC(=NCC(C)(C)C(N)=O)N1CCC2(CCCCC2)C1. The van der Waals surface area contributed by atoms with Crippen LogP contribution in [-0.4, -0.2) is 42.9 Å². The molecule has 1 saturated heterocycles. The van der Waals surface area contributed by atoms with E-state index in [1.807, 2.05) is 13.8 Å². The van der Waals surface area contributed by atoms with Gasteiger partial charge in [-0.25, -0.2) is 0 Å². The number of likely N-dealkylation sites (tertiary alicyclic amines) is 1. The van der Waals surface area contributed by atoms with Crippen molar-refractivity contribution >= 4 is 11.9 Å². The highest BCUT2D eigenvalue weighted by Gasteiger charge is 2.39. The van der Waals surface area contributed by atoms with Crippen molar-refractivity contribution in [3.05, 3.63) is 0 Å². The summed E-state index contributed by atoms with van der Waals surface area (Å²) in [5, 5.41) is 3.38. The zero-order valence-electron chi connectivity index (χ0n) is 14.5. The molecule has 126 valence electrons. The second-order valence-electron chi connectivity index (χ2n) is 7.65. The number of carbonyl (C=O) groups is 1. The molecule has 1 saturated carbocycles. The third kappa shape index (κ3) is 3.93. The van der Waals surface area contributed by atoms with Gasteiger partial charge in [-0.05, 0) is 45.4 Å². The first-order chi connectivity index (χ1) is 10.4. The molecule has 5 heteroatoms. The Morgan fingerprint density at radius 3 is 2.55 bits per heavy atom. The number of guanidine groups is 1. The highest BCUT2D eigenvalue weighted by atomic mass is 16.1. The van der Waals surface area contributed by atoms with Crippen LogP contribution >= 0.6 is 0 Å². The molecular formula is C17H32N4O. The van der Waals surface area contributed by atoms with Gasteiger partial charge in [0.15, 0.2) is 5.96 Å². The van der Waals surface area contributed by atoms with Gasteiger partial charge in [0.25, 0.3) is 0 Å². The van der Waals surface area contributed by atoms with Crippen molar-refractivity contribution in [1.29, 1.82) is 0 Å². The van der Waals surface area contributed by atoms with E-state index >= 15 is 0 Å². The number of hydrogen-bond acceptors (Lipinski definition) is 2. The fourth-order valence-corrected chi connectivity index (χ4v) is 3.60. The molecule has 5 nitrogen and oxygen atoms in total. The lowest BCUT2D eigenvalue weighted by atomic mass is 9.73. The lowest BCUT2D eigenvalue weighted by molar-refractivity contribution is -0.125. The van der Waals surface area contributed by atoms with E-state index in [4.69, 9.17) is 10.7 Å². The average molecular weight is 308 g/mol. The van der Waals surface area contributed by atoms with Crippen molar-refractivity contribution < 1.29 is 4.79 Å². The summed E-state index contributed by atoms with van der Waals surface area (Å²) >= 11 is 0. The molecule has 0 aromatic heterocycles. The number of carbonyl (C=O) groups excluding carboxylic acids is 1. The molecule has 0 radical (unpaired) electrons. The zero-order chi connectivity index (χ0) is 16.2. The van der Waals surface area contributed by atoms with Gasteiger partial charge in [0, 0.05) is 19.6 Å². The first-order valence-corrected chi connectivity index (χ1v) is 8.72. The Morgan fingerprint density at radius 1 is 1.27 bits per heavy atom. The maximum atomic E-state index is 11.5. The van der Waals surface area contributed by atoms with Crippen molar-refractivity contribution in [2.75, 3.05) is 26.2 Å². The third-order valence-electron chi connectivity index (χ3n) is 5.28. The molecular weight excluding hydrogens is 276 g/mol. The zero-order valence-corrected chi connectivity index (χ0v) is 14.5. The minimum atomic E-state index is -0.594. The molecule has 1 aliphatic carbocycles. The Hall–Kier alpha value is -1.26.